The van der Waals surface area contributed by atoms with Gasteiger partial charge in [-0.15, -0.1) is 0 Å². The molecule has 6 nitrogen and oxygen atoms in total. The molecule has 3 heterocycles. The number of rotatable bonds is 4. The number of anilines is 1. The number of piperidine rings is 1. The van der Waals surface area contributed by atoms with Crippen molar-refractivity contribution >= 4 is 17.5 Å². The van der Waals surface area contributed by atoms with E-state index >= 15 is 0 Å². The lowest BCUT2D eigenvalue weighted by molar-refractivity contribution is -0.136. The smallest absolute Gasteiger partial charge is 0.244 e. The monoisotopic (exact) mass is 398 g/mol. The van der Waals surface area contributed by atoms with Crippen LogP contribution >= 0.6 is 0 Å². The molecule has 3 aliphatic rings. The van der Waals surface area contributed by atoms with Crippen molar-refractivity contribution in [3.8, 4) is 0 Å². The van der Waals surface area contributed by atoms with Crippen molar-refractivity contribution in [3.63, 3.8) is 0 Å². The zero-order valence-electron chi connectivity index (χ0n) is 17.8. The van der Waals surface area contributed by atoms with Crippen LogP contribution in [0.1, 0.15) is 38.7 Å². The summed E-state index contributed by atoms with van der Waals surface area (Å²) in [5, 5.41) is 0. The highest BCUT2D eigenvalue weighted by molar-refractivity contribution is 5.98. The van der Waals surface area contributed by atoms with E-state index in [9.17, 15) is 9.59 Å². The van der Waals surface area contributed by atoms with E-state index in [1.165, 1.54) is 12.0 Å². The van der Waals surface area contributed by atoms with Crippen LogP contribution in [0, 0.1) is 0 Å². The topological polar surface area (TPSA) is 47.1 Å². The van der Waals surface area contributed by atoms with Gasteiger partial charge in [0.2, 0.25) is 11.8 Å². The van der Waals surface area contributed by atoms with Gasteiger partial charge >= 0.3 is 0 Å². The Balaban J connectivity index is 1.28. The Bertz CT molecular complexity index is 744. The number of amides is 2. The molecule has 4 rings (SSSR count). The molecule has 2 amide bonds. The van der Waals surface area contributed by atoms with Gasteiger partial charge in [0.05, 0.1) is 12.6 Å². The fourth-order valence-electron chi connectivity index (χ4n) is 5.01. The Hall–Kier alpha value is -1.92. The van der Waals surface area contributed by atoms with Crippen molar-refractivity contribution in [2.75, 3.05) is 50.7 Å². The third kappa shape index (κ3) is 4.33. The predicted octanol–water partition coefficient (Wildman–Crippen LogP) is 1.98. The number of carbonyl (C=O) groups is 2. The fraction of sp³-hybridized carbons (Fsp3) is 0.652. The number of likely N-dealkylation sites (tertiary alicyclic amines) is 1. The van der Waals surface area contributed by atoms with E-state index in [4.69, 9.17) is 0 Å². The van der Waals surface area contributed by atoms with Gasteiger partial charge in [-0.3, -0.25) is 19.4 Å². The number of hydrogen-bond acceptors (Lipinski definition) is 4. The molecule has 0 saturated carbocycles. The highest BCUT2D eigenvalue weighted by Crippen LogP contribution is 2.28. The summed E-state index contributed by atoms with van der Waals surface area (Å²) in [4.78, 5) is 34.4. The van der Waals surface area contributed by atoms with E-state index in [-0.39, 0.29) is 17.9 Å². The molecule has 2 fully saturated rings. The van der Waals surface area contributed by atoms with Crippen molar-refractivity contribution in [2.24, 2.45) is 0 Å². The zero-order valence-corrected chi connectivity index (χ0v) is 17.8. The molecule has 0 aromatic heterocycles. The quantitative estimate of drug-likeness (QED) is 0.778. The maximum absolute atomic E-state index is 13.1. The van der Waals surface area contributed by atoms with Gasteiger partial charge in [-0.05, 0) is 51.2 Å². The summed E-state index contributed by atoms with van der Waals surface area (Å²) in [5.41, 5.74) is 2.34. The van der Waals surface area contributed by atoms with Crippen LogP contribution in [0.3, 0.4) is 0 Å². The zero-order chi connectivity index (χ0) is 20.4. The number of fused-ring (bicyclic) bond motifs is 1. The Morgan fingerprint density at radius 3 is 2.55 bits per heavy atom. The van der Waals surface area contributed by atoms with E-state index in [1.807, 2.05) is 24.0 Å². The van der Waals surface area contributed by atoms with Gasteiger partial charge in [0.1, 0.15) is 0 Å². The summed E-state index contributed by atoms with van der Waals surface area (Å²) in [5.74, 6) is 0.463. The Morgan fingerprint density at radius 2 is 1.79 bits per heavy atom. The largest absolute Gasteiger partial charge is 0.339 e. The third-order valence-corrected chi connectivity index (χ3v) is 6.95. The highest BCUT2D eigenvalue weighted by atomic mass is 16.2. The summed E-state index contributed by atoms with van der Waals surface area (Å²) < 4.78 is 0. The van der Waals surface area contributed by atoms with Gasteiger partial charge < -0.3 is 9.80 Å². The first-order valence-corrected chi connectivity index (χ1v) is 11.2. The number of hydrogen-bond donors (Lipinski definition) is 0. The number of carbonyl (C=O) groups excluding carboxylic acids is 2. The molecule has 1 aromatic carbocycles. The van der Waals surface area contributed by atoms with Crippen LogP contribution in [-0.4, -0.2) is 84.4 Å². The van der Waals surface area contributed by atoms with Crippen molar-refractivity contribution in [3.05, 3.63) is 29.8 Å². The van der Waals surface area contributed by atoms with Crippen molar-refractivity contribution in [1.82, 2.24) is 14.7 Å². The minimum atomic E-state index is -0.124. The fourth-order valence-corrected chi connectivity index (χ4v) is 5.01. The maximum Gasteiger partial charge on any atom is 0.244 e. The summed E-state index contributed by atoms with van der Waals surface area (Å²) in [6.07, 6.45) is 4.43. The first-order valence-electron chi connectivity index (χ1n) is 11.2. The molecule has 2 atom stereocenters. The number of para-hydroxylation sites is 1. The van der Waals surface area contributed by atoms with Crippen LogP contribution in [0.2, 0.25) is 0 Å². The normalized spacial score (nSPS) is 24.4. The summed E-state index contributed by atoms with van der Waals surface area (Å²) in [6.45, 7) is 9.77. The van der Waals surface area contributed by atoms with Crippen LogP contribution < -0.4 is 4.90 Å². The lowest BCUT2D eigenvalue weighted by Crippen LogP contribution is -2.56. The van der Waals surface area contributed by atoms with Gasteiger partial charge in [0, 0.05) is 51.0 Å². The minimum Gasteiger partial charge on any atom is -0.339 e. The molecule has 0 spiro atoms. The van der Waals surface area contributed by atoms with Crippen molar-refractivity contribution < 1.29 is 9.59 Å². The second-order valence-corrected chi connectivity index (χ2v) is 8.79. The number of benzene rings is 1. The highest BCUT2D eigenvalue weighted by Gasteiger charge is 2.33. The molecule has 2 saturated heterocycles. The van der Waals surface area contributed by atoms with E-state index in [0.717, 1.165) is 64.2 Å². The van der Waals surface area contributed by atoms with Gasteiger partial charge in [0.15, 0.2) is 0 Å². The Morgan fingerprint density at radius 1 is 1.03 bits per heavy atom. The Kier molecular flexibility index (Phi) is 6.20. The molecule has 0 bridgehead atoms. The molecular weight excluding hydrogens is 364 g/mol. The molecule has 2 unspecified atom stereocenters. The average Bonchev–Trinajstić information content (AvgIpc) is 3.17. The second-order valence-electron chi connectivity index (χ2n) is 8.79. The summed E-state index contributed by atoms with van der Waals surface area (Å²) >= 11 is 0. The van der Waals surface area contributed by atoms with Gasteiger partial charge in [-0.25, -0.2) is 0 Å². The first kappa shape index (κ1) is 20.4. The van der Waals surface area contributed by atoms with E-state index < -0.39 is 0 Å². The minimum absolute atomic E-state index is 0.124. The number of nitrogens with zero attached hydrogens (tertiary/aromatic N) is 4. The SMILES string of the molecule is CC(C(=O)N1CCc2ccccc21)N1CCN(CC(=O)N2CCCCC2C)CC1. The molecule has 29 heavy (non-hydrogen) atoms. The van der Waals surface area contributed by atoms with Crippen LogP contribution in [0.15, 0.2) is 24.3 Å². The standard InChI is InChI=1S/C23H34N4O2/c1-18-7-5-6-11-26(18)22(28)17-24-13-15-25(16-14-24)19(2)23(29)27-12-10-20-8-3-4-9-21(20)27/h3-4,8-9,18-19H,5-7,10-17H2,1-2H3. The van der Waals surface area contributed by atoms with E-state index in [1.54, 1.807) is 0 Å². The van der Waals surface area contributed by atoms with E-state index in [0.29, 0.717) is 12.6 Å². The lowest BCUT2D eigenvalue weighted by atomic mass is 10.0. The molecule has 6 heteroatoms. The van der Waals surface area contributed by atoms with Gasteiger partial charge in [0.25, 0.3) is 0 Å². The van der Waals surface area contributed by atoms with Gasteiger partial charge in [-0.1, -0.05) is 18.2 Å². The molecule has 1 aromatic rings. The molecule has 0 radical (unpaired) electrons. The molecule has 158 valence electrons. The first-order chi connectivity index (χ1) is 14.0. The van der Waals surface area contributed by atoms with Crippen LogP contribution in [0.4, 0.5) is 5.69 Å². The van der Waals surface area contributed by atoms with Crippen LogP contribution in [0.25, 0.3) is 0 Å². The maximum atomic E-state index is 13.1. The lowest BCUT2D eigenvalue weighted by Gasteiger charge is -2.40. The van der Waals surface area contributed by atoms with Gasteiger partial charge in [-0.2, -0.15) is 0 Å². The number of piperazine rings is 1. The second kappa shape index (κ2) is 8.84. The molecule has 0 N–H and O–H groups in total. The molecular formula is C23H34N4O2. The molecule has 3 aliphatic heterocycles. The predicted molar refractivity (Wildman–Crippen MR) is 115 cm³/mol. The van der Waals surface area contributed by atoms with E-state index in [2.05, 4.69) is 33.8 Å². The van der Waals surface area contributed by atoms with Crippen LogP contribution in [0.5, 0.6) is 0 Å². The summed E-state index contributed by atoms with van der Waals surface area (Å²) in [6, 6.07) is 8.47. The Labute approximate surface area is 174 Å². The molecule has 0 aliphatic carbocycles. The van der Waals surface area contributed by atoms with Crippen LogP contribution in [-0.2, 0) is 16.0 Å². The van der Waals surface area contributed by atoms with Crippen molar-refractivity contribution in [2.45, 2.75) is 51.6 Å². The van der Waals surface area contributed by atoms with Crippen molar-refractivity contribution in [1.29, 1.82) is 0 Å². The summed E-state index contributed by atoms with van der Waals surface area (Å²) in [7, 11) is 0. The average molecular weight is 399 g/mol. The third-order valence-electron chi connectivity index (χ3n) is 6.95.